The predicted octanol–water partition coefficient (Wildman–Crippen LogP) is 7.38. The molecule has 0 fully saturated rings. The molecule has 0 aromatic heterocycles. The van der Waals surface area contributed by atoms with E-state index >= 15 is 0 Å². The van der Waals surface area contributed by atoms with Crippen LogP contribution in [0.2, 0.25) is 0 Å². The maximum absolute atomic E-state index is 12.4. The molecule has 2 aromatic rings. The van der Waals surface area contributed by atoms with E-state index in [0.29, 0.717) is 24.5 Å². The van der Waals surface area contributed by atoms with Gasteiger partial charge in [0, 0.05) is 0 Å². The van der Waals surface area contributed by atoms with Crippen LogP contribution in [0.15, 0.2) is 61.2 Å². The second kappa shape index (κ2) is 15.1. The van der Waals surface area contributed by atoms with Gasteiger partial charge in [0.15, 0.2) is 0 Å². The zero-order valence-corrected chi connectivity index (χ0v) is 18.8. The smallest absolute Gasteiger partial charge is 0.343 e. The van der Waals surface area contributed by atoms with Crippen LogP contribution >= 0.6 is 0 Å². The number of carbonyl (C=O) groups is 1. The van der Waals surface area contributed by atoms with E-state index < -0.39 is 0 Å². The van der Waals surface area contributed by atoms with Crippen molar-refractivity contribution >= 4 is 5.97 Å². The number of hydrogen-bond acceptors (Lipinski definition) is 4. The lowest BCUT2D eigenvalue weighted by atomic mass is 10.2. The summed E-state index contributed by atoms with van der Waals surface area (Å²) < 4.78 is 16.9. The highest BCUT2D eigenvalue weighted by Gasteiger charge is 2.09. The number of ether oxygens (including phenoxy) is 3. The fourth-order valence-electron chi connectivity index (χ4n) is 3.11. The molecule has 0 spiro atoms. The summed E-state index contributed by atoms with van der Waals surface area (Å²) in [5, 5.41) is 0. The first kappa shape index (κ1) is 24.5. The Morgan fingerprint density at radius 2 is 1.26 bits per heavy atom. The van der Waals surface area contributed by atoms with E-state index in [9.17, 15) is 4.79 Å². The standard InChI is InChI=1S/C27H36O4/c1-3-5-7-9-11-21-29-24-15-13-23(14-16-24)27(28)31-26-19-17-25(18-20-26)30-22-12-10-8-6-4-2/h3,13-20H,1,4-12,21-22H2,2H3. The molecule has 0 aliphatic carbocycles. The summed E-state index contributed by atoms with van der Waals surface area (Å²) in [5.74, 6) is 1.67. The highest BCUT2D eigenvalue weighted by atomic mass is 16.5. The van der Waals surface area contributed by atoms with Gasteiger partial charge < -0.3 is 14.2 Å². The Labute approximate surface area is 187 Å². The minimum absolute atomic E-state index is 0.388. The maximum atomic E-state index is 12.4. The van der Waals surface area contributed by atoms with Gasteiger partial charge in [0.2, 0.25) is 0 Å². The van der Waals surface area contributed by atoms with Gasteiger partial charge in [-0.3, -0.25) is 0 Å². The van der Waals surface area contributed by atoms with Gasteiger partial charge in [0.05, 0.1) is 18.8 Å². The molecule has 0 bridgehead atoms. The Hall–Kier alpha value is -2.75. The van der Waals surface area contributed by atoms with Gasteiger partial charge in [0.1, 0.15) is 17.2 Å². The average Bonchev–Trinajstić information content (AvgIpc) is 2.80. The van der Waals surface area contributed by atoms with Gasteiger partial charge >= 0.3 is 5.97 Å². The van der Waals surface area contributed by atoms with Crippen molar-refractivity contribution in [2.75, 3.05) is 13.2 Å². The zero-order chi connectivity index (χ0) is 22.2. The van der Waals surface area contributed by atoms with E-state index in [2.05, 4.69) is 13.5 Å². The second-order valence-corrected chi connectivity index (χ2v) is 7.63. The van der Waals surface area contributed by atoms with E-state index in [1.54, 1.807) is 36.4 Å². The molecular formula is C27H36O4. The average molecular weight is 425 g/mol. The fourth-order valence-corrected chi connectivity index (χ4v) is 3.11. The first-order valence-electron chi connectivity index (χ1n) is 11.5. The molecule has 0 radical (unpaired) electrons. The van der Waals surface area contributed by atoms with Crippen LogP contribution < -0.4 is 14.2 Å². The van der Waals surface area contributed by atoms with E-state index in [1.807, 2.05) is 18.2 Å². The van der Waals surface area contributed by atoms with Crippen molar-refractivity contribution in [2.24, 2.45) is 0 Å². The van der Waals surface area contributed by atoms with Crippen molar-refractivity contribution in [1.82, 2.24) is 0 Å². The summed E-state index contributed by atoms with van der Waals surface area (Å²) in [5.41, 5.74) is 0.491. The van der Waals surface area contributed by atoms with Crippen LogP contribution in [-0.4, -0.2) is 19.2 Å². The Kier molecular flexibility index (Phi) is 12.0. The molecule has 0 saturated heterocycles. The van der Waals surface area contributed by atoms with Crippen LogP contribution in [0.25, 0.3) is 0 Å². The summed E-state index contributed by atoms with van der Waals surface area (Å²) in [4.78, 5) is 12.4. The third-order valence-corrected chi connectivity index (χ3v) is 4.96. The first-order valence-corrected chi connectivity index (χ1v) is 11.5. The number of carbonyl (C=O) groups excluding carboxylic acids is 1. The third kappa shape index (κ3) is 10.2. The lowest BCUT2D eigenvalue weighted by Crippen LogP contribution is -2.08. The highest BCUT2D eigenvalue weighted by Crippen LogP contribution is 2.20. The molecule has 0 saturated carbocycles. The second-order valence-electron chi connectivity index (χ2n) is 7.63. The molecular weight excluding hydrogens is 388 g/mol. The van der Waals surface area contributed by atoms with Crippen molar-refractivity contribution in [2.45, 2.75) is 64.7 Å². The number of benzene rings is 2. The molecule has 0 heterocycles. The molecule has 31 heavy (non-hydrogen) atoms. The normalized spacial score (nSPS) is 10.5. The summed E-state index contributed by atoms with van der Waals surface area (Å²) in [7, 11) is 0. The van der Waals surface area contributed by atoms with Crippen molar-refractivity contribution in [1.29, 1.82) is 0 Å². The lowest BCUT2D eigenvalue weighted by Gasteiger charge is -2.09. The van der Waals surface area contributed by atoms with Crippen LogP contribution in [0.5, 0.6) is 17.2 Å². The van der Waals surface area contributed by atoms with E-state index in [4.69, 9.17) is 14.2 Å². The van der Waals surface area contributed by atoms with Crippen LogP contribution in [0.3, 0.4) is 0 Å². The number of allylic oxidation sites excluding steroid dienone is 1. The number of unbranched alkanes of at least 4 members (excludes halogenated alkanes) is 7. The van der Waals surface area contributed by atoms with E-state index in [0.717, 1.165) is 43.6 Å². The number of rotatable bonds is 16. The van der Waals surface area contributed by atoms with E-state index in [1.165, 1.54) is 25.7 Å². The highest BCUT2D eigenvalue weighted by molar-refractivity contribution is 5.91. The molecule has 4 nitrogen and oxygen atoms in total. The van der Waals surface area contributed by atoms with Gasteiger partial charge in [-0.2, -0.15) is 0 Å². The monoisotopic (exact) mass is 424 g/mol. The van der Waals surface area contributed by atoms with Crippen LogP contribution in [0.4, 0.5) is 0 Å². The van der Waals surface area contributed by atoms with Gasteiger partial charge in [0.25, 0.3) is 0 Å². The van der Waals surface area contributed by atoms with Crippen molar-refractivity contribution < 1.29 is 19.0 Å². The molecule has 0 aliphatic rings. The molecule has 168 valence electrons. The topological polar surface area (TPSA) is 44.8 Å². The SMILES string of the molecule is C=CCCCCCOc1ccc(C(=O)Oc2ccc(OCCCCCCC)cc2)cc1. The van der Waals surface area contributed by atoms with Gasteiger partial charge in [-0.05, 0) is 80.6 Å². The maximum Gasteiger partial charge on any atom is 0.343 e. The molecule has 0 amide bonds. The molecule has 0 unspecified atom stereocenters. The Morgan fingerprint density at radius 1 is 0.742 bits per heavy atom. The van der Waals surface area contributed by atoms with Gasteiger partial charge in [-0.1, -0.05) is 38.7 Å². The summed E-state index contributed by atoms with van der Waals surface area (Å²) >= 11 is 0. The van der Waals surface area contributed by atoms with E-state index in [-0.39, 0.29) is 5.97 Å². The Balaban J connectivity index is 1.70. The zero-order valence-electron chi connectivity index (χ0n) is 18.8. The van der Waals surface area contributed by atoms with Gasteiger partial charge in [-0.15, -0.1) is 6.58 Å². The molecule has 2 aromatic carbocycles. The minimum Gasteiger partial charge on any atom is -0.494 e. The molecule has 2 rings (SSSR count). The van der Waals surface area contributed by atoms with Crippen LogP contribution in [0.1, 0.15) is 75.1 Å². The van der Waals surface area contributed by atoms with Gasteiger partial charge in [-0.25, -0.2) is 4.79 Å². The largest absolute Gasteiger partial charge is 0.494 e. The summed E-state index contributed by atoms with van der Waals surface area (Å²) in [6.45, 7) is 7.33. The molecule has 4 heteroatoms. The molecule has 0 N–H and O–H groups in total. The quantitative estimate of drug-likeness (QED) is 0.122. The van der Waals surface area contributed by atoms with Crippen molar-refractivity contribution in [3.05, 3.63) is 66.7 Å². The van der Waals surface area contributed by atoms with Crippen molar-refractivity contribution in [3.63, 3.8) is 0 Å². The van der Waals surface area contributed by atoms with Crippen LogP contribution in [0, 0.1) is 0 Å². The Bertz CT molecular complexity index is 750. The number of esters is 1. The number of hydrogen-bond donors (Lipinski definition) is 0. The molecule has 0 aliphatic heterocycles. The fraction of sp³-hybridized carbons (Fsp3) is 0.444. The lowest BCUT2D eigenvalue weighted by molar-refractivity contribution is 0.0734. The summed E-state index contributed by atoms with van der Waals surface area (Å²) in [6, 6.07) is 14.2. The predicted molar refractivity (Wildman–Crippen MR) is 126 cm³/mol. The summed E-state index contributed by atoms with van der Waals surface area (Å²) in [6.07, 6.45) is 12.3. The molecule has 0 atom stereocenters. The first-order chi connectivity index (χ1) is 15.2. The Morgan fingerprint density at radius 3 is 1.84 bits per heavy atom. The minimum atomic E-state index is -0.388. The third-order valence-electron chi connectivity index (χ3n) is 4.96. The van der Waals surface area contributed by atoms with Crippen molar-refractivity contribution in [3.8, 4) is 17.2 Å². The van der Waals surface area contributed by atoms with Crippen LogP contribution in [-0.2, 0) is 0 Å².